The molecule has 0 amide bonds. The van der Waals surface area contributed by atoms with Gasteiger partial charge in [0.15, 0.2) is 0 Å². The van der Waals surface area contributed by atoms with Gasteiger partial charge < -0.3 is 4.98 Å². The Morgan fingerprint density at radius 1 is 0.682 bits per heavy atom. The molecule has 0 fully saturated rings. The minimum atomic E-state index is 0.752. The van der Waals surface area contributed by atoms with Gasteiger partial charge in [-0.2, -0.15) is 0 Å². The fourth-order valence-electron chi connectivity index (χ4n) is 2.55. The number of fused-ring (bicyclic) bond motifs is 1. The van der Waals surface area contributed by atoms with Gasteiger partial charge in [-0.05, 0) is 35.4 Å². The third-order valence-corrected chi connectivity index (χ3v) is 3.98. The molecule has 1 N–H and O–H groups in total. The van der Waals surface area contributed by atoms with Crippen molar-refractivity contribution in [2.45, 2.75) is 0 Å². The van der Waals surface area contributed by atoms with Crippen LogP contribution in [0.3, 0.4) is 0 Å². The number of nitrogens with one attached hydrogen (secondary N) is 1. The third kappa shape index (κ3) is 2.38. The number of para-hydroxylation sites is 2. The van der Waals surface area contributed by atoms with Crippen molar-refractivity contribution < 1.29 is 0 Å². The molecule has 0 saturated heterocycles. The molecular weight excluding hydrogens is 292 g/mol. The summed E-state index contributed by atoms with van der Waals surface area (Å²) in [7, 11) is 0. The second-order valence-electron chi connectivity index (χ2n) is 5.19. The number of nitrogens with zero attached hydrogens (tertiary/aromatic N) is 1. The highest BCUT2D eigenvalue weighted by Crippen LogP contribution is 2.25. The largest absolute Gasteiger partial charge is 0.338 e. The van der Waals surface area contributed by atoms with E-state index in [1.165, 1.54) is 0 Å². The van der Waals surface area contributed by atoms with Gasteiger partial charge in [-0.3, -0.25) is 0 Å². The Balaban J connectivity index is 1.70. The Morgan fingerprint density at radius 3 is 1.95 bits per heavy atom. The van der Waals surface area contributed by atoms with E-state index in [9.17, 15) is 0 Å². The summed E-state index contributed by atoms with van der Waals surface area (Å²) in [6.45, 7) is 0. The van der Waals surface area contributed by atoms with Crippen molar-refractivity contribution in [2.24, 2.45) is 0 Å². The maximum atomic E-state index is 5.93. The number of aromatic nitrogens is 2. The lowest BCUT2D eigenvalue weighted by atomic mass is 10.0. The van der Waals surface area contributed by atoms with E-state index in [2.05, 4.69) is 34.2 Å². The Bertz CT molecular complexity index is 889. The van der Waals surface area contributed by atoms with Crippen LogP contribution in [0.4, 0.5) is 0 Å². The van der Waals surface area contributed by atoms with Crippen LogP contribution in [0.2, 0.25) is 5.02 Å². The second kappa shape index (κ2) is 5.32. The Labute approximate surface area is 133 Å². The van der Waals surface area contributed by atoms with Gasteiger partial charge in [0, 0.05) is 10.6 Å². The number of hydrogen-bond donors (Lipinski definition) is 1. The van der Waals surface area contributed by atoms with Crippen molar-refractivity contribution in [1.82, 2.24) is 9.97 Å². The zero-order valence-electron chi connectivity index (χ0n) is 11.8. The average Bonchev–Trinajstić information content (AvgIpc) is 3.00. The van der Waals surface area contributed by atoms with Gasteiger partial charge >= 0.3 is 0 Å². The summed E-state index contributed by atoms with van der Waals surface area (Å²) in [6, 6.07) is 24.3. The Kier molecular flexibility index (Phi) is 3.17. The number of aromatic amines is 1. The molecule has 1 aromatic heterocycles. The van der Waals surface area contributed by atoms with E-state index in [-0.39, 0.29) is 0 Å². The van der Waals surface area contributed by atoms with Gasteiger partial charge in [0.1, 0.15) is 5.82 Å². The maximum Gasteiger partial charge on any atom is 0.138 e. The number of rotatable bonds is 2. The fraction of sp³-hybridized carbons (Fsp3) is 0. The first-order valence-corrected chi connectivity index (χ1v) is 7.48. The van der Waals surface area contributed by atoms with Gasteiger partial charge in [0.05, 0.1) is 11.0 Å². The summed E-state index contributed by atoms with van der Waals surface area (Å²) in [5, 5.41) is 0.752. The van der Waals surface area contributed by atoms with Crippen LogP contribution >= 0.6 is 11.6 Å². The van der Waals surface area contributed by atoms with E-state index >= 15 is 0 Å². The summed E-state index contributed by atoms with van der Waals surface area (Å²) < 4.78 is 0. The molecule has 0 atom stereocenters. The van der Waals surface area contributed by atoms with E-state index in [1.54, 1.807) is 0 Å². The van der Waals surface area contributed by atoms with Crippen LogP contribution in [-0.4, -0.2) is 9.97 Å². The molecule has 0 spiro atoms. The number of imidazole rings is 1. The zero-order chi connectivity index (χ0) is 14.9. The van der Waals surface area contributed by atoms with Gasteiger partial charge in [-0.25, -0.2) is 4.98 Å². The molecule has 2 nitrogen and oxygen atoms in total. The smallest absolute Gasteiger partial charge is 0.138 e. The number of hydrogen-bond acceptors (Lipinski definition) is 1. The Morgan fingerprint density at radius 2 is 1.27 bits per heavy atom. The standard InChI is InChI=1S/C19H13ClN2/c20-16-11-9-14(10-12-16)13-5-7-15(8-6-13)19-21-17-3-1-2-4-18(17)22-19/h1-12H,(H,21,22). The second-order valence-corrected chi connectivity index (χ2v) is 5.62. The van der Waals surface area contributed by atoms with E-state index in [0.717, 1.165) is 38.6 Å². The lowest BCUT2D eigenvalue weighted by Crippen LogP contribution is -1.82. The predicted octanol–water partition coefficient (Wildman–Crippen LogP) is 5.55. The van der Waals surface area contributed by atoms with Crippen molar-refractivity contribution in [1.29, 1.82) is 0 Å². The Hall–Kier alpha value is -2.58. The van der Waals surface area contributed by atoms with E-state index in [4.69, 9.17) is 11.6 Å². The van der Waals surface area contributed by atoms with Crippen LogP contribution in [-0.2, 0) is 0 Å². The van der Waals surface area contributed by atoms with Crippen molar-refractivity contribution in [3.8, 4) is 22.5 Å². The molecule has 1 heterocycles. The maximum absolute atomic E-state index is 5.93. The third-order valence-electron chi connectivity index (χ3n) is 3.73. The molecule has 0 aliphatic rings. The zero-order valence-corrected chi connectivity index (χ0v) is 12.5. The molecule has 4 rings (SSSR count). The molecule has 3 aromatic carbocycles. The van der Waals surface area contributed by atoms with Crippen LogP contribution in [0.15, 0.2) is 72.8 Å². The van der Waals surface area contributed by atoms with Crippen LogP contribution in [0, 0.1) is 0 Å². The van der Waals surface area contributed by atoms with Crippen molar-refractivity contribution >= 4 is 22.6 Å². The molecule has 0 unspecified atom stereocenters. The first kappa shape index (κ1) is 13.1. The molecule has 0 saturated carbocycles. The minimum Gasteiger partial charge on any atom is -0.338 e. The quantitative estimate of drug-likeness (QED) is 0.516. The highest BCUT2D eigenvalue weighted by atomic mass is 35.5. The lowest BCUT2D eigenvalue weighted by molar-refractivity contribution is 1.34. The first-order chi connectivity index (χ1) is 10.8. The summed E-state index contributed by atoms with van der Waals surface area (Å²) >= 11 is 5.93. The monoisotopic (exact) mass is 304 g/mol. The molecule has 0 aliphatic carbocycles. The van der Waals surface area contributed by atoms with E-state index < -0.39 is 0 Å². The molecule has 22 heavy (non-hydrogen) atoms. The molecule has 0 bridgehead atoms. The van der Waals surface area contributed by atoms with Crippen molar-refractivity contribution in [3.05, 3.63) is 77.8 Å². The van der Waals surface area contributed by atoms with Gasteiger partial charge in [0.2, 0.25) is 0 Å². The van der Waals surface area contributed by atoms with Gasteiger partial charge in [-0.1, -0.05) is 60.1 Å². The summed E-state index contributed by atoms with van der Waals surface area (Å²) in [5.74, 6) is 0.892. The summed E-state index contributed by atoms with van der Waals surface area (Å²) in [6.07, 6.45) is 0. The lowest BCUT2D eigenvalue weighted by Gasteiger charge is -2.03. The van der Waals surface area contributed by atoms with Crippen molar-refractivity contribution in [3.63, 3.8) is 0 Å². The highest BCUT2D eigenvalue weighted by molar-refractivity contribution is 6.30. The van der Waals surface area contributed by atoms with Crippen LogP contribution in [0.5, 0.6) is 0 Å². The average molecular weight is 305 g/mol. The summed E-state index contributed by atoms with van der Waals surface area (Å²) in [4.78, 5) is 7.97. The number of H-pyrrole nitrogens is 1. The molecular formula is C19H13ClN2. The van der Waals surface area contributed by atoms with Crippen LogP contribution < -0.4 is 0 Å². The normalized spacial score (nSPS) is 11.0. The van der Waals surface area contributed by atoms with Gasteiger partial charge in [-0.15, -0.1) is 0 Å². The van der Waals surface area contributed by atoms with Crippen LogP contribution in [0.1, 0.15) is 0 Å². The molecule has 106 valence electrons. The number of halogens is 1. The molecule has 3 heteroatoms. The van der Waals surface area contributed by atoms with E-state index in [1.807, 2.05) is 48.5 Å². The van der Waals surface area contributed by atoms with Crippen LogP contribution in [0.25, 0.3) is 33.5 Å². The topological polar surface area (TPSA) is 28.7 Å². The SMILES string of the molecule is Clc1ccc(-c2ccc(-c3nc4ccccc4[nH]3)cc2)cc1. The first-order valence-electron chi connectivity index (χ1n) is 7.11. The predicted molar refractivity (Wildman–Crippen MR) is 92.0 cm³/mol. The highest BCUT2D eigenvalue weighted by Gasteiger charge is 2.05. The van der Waals surface area contributed by atoms with Gasteiger partial charge in [0.25, 0.3) is 0 Å². The minimum absolute atomic E-state index is 0.752. The van der Waals surface area contributed by atoms with Crippen molar-refractivity contribution in [2.75, 3.05) is 0 Å². The van der Waals surface area contributed by atoms with E-state index in [0.29, 0.717) is 0 Å². The molecule has 0 aliphatic heterocycles. The molecule has 0 radical (unpaired) electrons. The number of benzene rings is 3. The fourth-order valence-corrected chi connectivity index (χ4v) is 2.68. The molecule has 4 aromatic rings. The summed E-state index contributed by atoms with van der Waals surface area (Å²) in [5.41, 5.74) is 5.43.